The number of ketones is 1. The van der Waals surface area contributed by atoms with Crippen molar-refractivity contribution in [3.05, 3.63) is 35.4 Å². The minimum atomic E-state index is -0.0944. The Morgan fingerprint density at radius 2 is 2.11 bits per heavy atom. The predicted molar refractivity (Wildman–Crippen MR) is 70.7 cm³/mol. The van der Waals surface area contributed by atoms with Gasteiger partial charge in [-0.05, 0) is 31.9 Å². The molecule has 0 aliphatic carbocycles. The average Bonchev–Trinajstić information content (AvgIpc) is 2.46. The molecule has 1 saturated heterocycles. The van der Waals surface area contributed by atoms with Crippen LogP contribution >= 0.6 is 0 Å². The minimum absolute atomic E-state index is 0.0526. The first-order valence-electron chi connectivity index (χ1n) is 6.41. The Morgan fingerprint density at radius 1 is 1.37 bits per heavy atom. The van der Waals surface area contributed by atoms with Gasteiger partial charge in [0.15, 0.2) is 5.78 Å². The van der Waals surface area contributed by atoms with Gasteiger partial charge in [0.1, 0.15) is 0 Å². The van der Waals surface area contributed by atoms with Crippen molar-refractivity contribution >= 4 is 11.7 Å². The Bertz CT molecular complexity index is 545. The number of amides is 1. The van der Waals surface area contributed by atoms with E-state index in [0.717, 1.165) is 12.8 Å². The van der Waals surface area contributed by atoms with Crippen LogP contribution in [-0.2, 0) is 0 Å². The predicted octanol–water partition coefficient (Wildman–Crippen LogP) is 2.26. The lowest BCUT2D eigenvalue weighted by Crippen LogP contribution is -2.39. The van der Waals surface area contributed by atoms with Crippen LogP contribution in [0.1, 0.15) is 40.5 Å². The van der Waals surface area contributed by atoms with E-state index in [0.29, 0.717) is 24.2 Å². The second kappa shape index (κ2) is 5.66. The third-order valence-electron chi connectivity index (χ3n) is 3.41. The number of hydrogen-bond donors (Lipinski definition) is 0. The zero-order valence-corrected chi connectivity index (χ0v) is 10.9. The van der Waals surface area contributed by atoms with Crippen molar-refractivity contribution < 1.29 is 9.59 Å². The van der Waals surface area contributed by atoms with E-state index in [4.69, 9.17) is 5.26 Å². The first kappa shape index (κ1) is 13.3. The number of rotatable bonds is 2. The molecule has 1 aliphatic rings. The molecule has 0 aromatic heterocycles. The van der Waals surface area contributed by atoms with Gasteiger partial charge in [0.05, 0.1) is 12.0 Å². The van der Waals surface area contributed by atoms with Crippen molar-refractivity contribution in [1.82, 2.24) is 4.90 Å². The molecular formula is C15H16N2O2. The smallest absolute Gasteiger partial charge is 0.253 e. The lowest BCUT2D eigenvalue weighted by molar-refractivity contribution is 0.0699. The number of nitriles is 1. The van der Waals surface area contributed by atoms with Gasteiger partial charge in [-0.3, -0.25) is 9.59 Å². The van der Waals surface area contributed by atoms with Gasteiger partial charge in [-0.2, -0.15) is 5.26 Å². The molecule has 2 rings (SSSR count). The highest BCUT2D eigenvalue weighted by atomic mass is 16.2. The van der Waals surface area contributed by atoms with Gasteiger partial charge in [0.25, 0.3) is 5.91 Å². The molecule has 0 spiro atoms. The van der Waals surface area contributed by atoms with Crippen LogP contribution < -0.4 is 0 Å². The largest absolute Gasteiger partial charge is 0.337 e. The summed E-state index contributed by atoms with van der Waals surface area (Å²) in [7, 11) is 0. The number of carbonyl (C=O) groups excluding carboxylic acids is 2. The van der Waals surface area contributed by atoms with Crippen LogP contribution in [0.2, 0.25) is 0 Å². The van der Waals surface area contributed by atoms with Crippen molar-refractivity contribution in [3.63, 3.8) is 0 Å². The number of Topliss-reactive ketones (excluding diaryl/α,β-unsaturated/α-hetero) is 1. The molecule has 98 valence electrons. The third-order valence-corrected chi connectivity index (χ3v) is 3.41. The number of nitrogens with zero attached hydrogens (tertiary/aromatic N) is 2. The molecule has 19 heavy (non-hydrogen) atoms. The van der Waals surface area contributed by atoms with Gasteiger partial charge in [0.2, 0.25) is 0 Å². The van der Waals surface area contributed by atoms with E-state index < -0.39 is 0 Å². The SMILES string of the molecule is CC(=O)c1cccc(C(=O)N2CCC[C@@H](C#N)C2)c1. The summed E-state index contributed by atoms with van der Waals surface area (Å²) >= 11 is 0. The molecule has 1 fully saturated rings. The van der Waals surface area contributed by atoms with Crippen LogP contribution in [-0.4, -0.2) is 29.7 Å². The van der Waals surface area contributed by atoms with Crippen molar-refractivity contribution in [1.29, 1.82) is 5.26 Å². The molecule has 0 saturated carbocycles. The van der Waals surface area contributed by atoms with Crippen LogP contribution in [0.25, 0.3) is 0 Å². The molecule has 1 aliphatic heterocycles. The maximum Gasteiger partial charge on any atom is 0.253 e. The molecular weight excluding hydrogens is 240 g/mol. The average molecular weight is 256 g/mol. The highest BCUT2D eigenvalue weighted by Crippen LogP contribution is 2.18. The summed E-state index contributed by atoms with van der Waals surface area (Å²) in [6, 6.07) is 8.98. The van der Waals surface area contributed by atoms with E-state index >= 15 is 0 Å². The molecule has 1 atom stereocenters. The maximum atomic E-state index is 12.3. The number of piperidine rings is 1. The Kier molecular flexibility index (Phi) is 3.96. The zero-order valence-electron chi connectivity index (χ0n) is 10.9. The summed E-state index contributed by atoms with van der Waals surface area (Å²) in [4.78, 5) is 25.4. The summed E-state index contributed by atoms with van der Waals surface area (Å²) in [5.74, 6) is -0.222. The second-order valence-electron chi connectivity index (χ2n) is 4.86. The molecule has 0 N–H and O–H groups in total. The summed E-state index contributed by atoms with van der Waals surface area (Å²) < 4.78 is 0. The topological polar surface area (TPSA) is 61.2 Å². The van der Waals surface area contributed by atoms with E-state index in [9.17, 15) is 9.59 Å². The maximum absolute atomic E-state index is 12.3. The fourth-order valence-electron chi connectivity index (χ4n) is 2.32. The summed E-state index contributed by atoms with van der Waals surface area (Å²) in [6.45, 7) is 2.65. The lowest BCUT2D eigenvalue weighted by Gasteiger charge is -2.29. The van der Waals surface area contributed by atoms with Gasteiger partial charge in [-0.1, -0.05) is 12.1 Å². The van der Waals surface area contributed by atoms with E-state index in [2.05, 4.69) is 6.07 Å². The van der Waals surface area contributed by atoms with E-state index in [1.807, 2.05) is 0 Å². The summed E-state index contributed by atoms with van der Waals surface area (Å²) in [5.41, 5.74) is 1.06. The highest BCUT2D eigenvalue weighted by Gasteiger charge is 2.24. The number of hydrogen-bond acceptors (Lipinski definition) is 3. The number of benzene rings is 1. The zero-order chi connectivity index (χ0) is 13.8. The van der Waals surface area contributed by atoms with Crippen LogP contribution in [0.3, 0.4) is 0 Å². The van der Waals surface area contributed by atoms with Gasteiger partial charge in [-0.15, -0.1) is 0 Å². The standard InChI is InChI=1S/C15H16N2O2/c1-11(18)13-5-2-6-14(8-13)15(19)17-7-3-4-12(9-16)10-17/h2,5-6,8,12H,3-4,7,10H2,1H3/t12-/m0/s1. The quantitative estimate of drug-likeness (QED) is 0.762. The summed E-state index contributed by atoms with van der Waals surface area (Å²) in [5, 5.41) is 8.95. The Morgan fingerprint density at radius 3 is 2.79 bits per heavy atom. The van der Waals surface area contributed by atoms with Gasteiger partial charge in [0, 0.05) is 24.2 Å². The van der Waals surface area contributed by atoms with Gasteiger partial charge >= 0.3 is 0 Å². The fraction of sp³-hybridized carbons (Fsp3) is 0.400. The minimum Gasteiger partial charge on any atom is -0.337 e. The first-order valence-corrected chi connectivity index (χ1v) is 6.41. The number of carbonyl (C=O) groups is 2. The molecule has 0 radical (unpaired) electrons. The van der Waals surface area contributed by atoms with Crippen molar-refractivity contribution in [2.45, 2.75) is 19.8 Å². The van der Waals surface area contributed by atoms with E-state index in [1.54, 1.807) is 29.2 Å². The molecule has 4 nitrogen and oxygen atoms in total. The third kappa shape index (κ3) is 3.00. The molecule has 4 heteroatoms. The monoisotopic (exact) mass is 256 g/mol. The Hall–Kier alpha value is -2.15. The van der Waals surface area contributed by atoms with Crippen LogP contribution in [0.15, 0.2) is 24.3 Å². The number of likely N-dealkylation sites (tertiary alicyclic amines) is 1. The van der Waals surface area contributed by atoms with Crippen LogP contribution in [0.4, 0.5) is 0 Å². The van der Waals surface area contributed by atoms with Crippen molar-refractivity contribution in [3.8, 4) is 6.07 Å². The van der Waals surface area contributed by atoms with E-state index in [-0.39, 0.29) is 17.6 Å². The fourth-order valence-corrected chi connectivity index (χ4v) is 2.32. The van der Waals surface area contributed by atoms with Gasteiger partial charge in [-0.25, -0.2) is 0 Å². The van der Waals surface area contributed by atoms with Crippen molar-refractivity contribution in [2.75, 3.05) is 13.1 Å². The molecule has 0 bridgehead atoms. The normalized spacial score (nSPS) is 18.7. The van der Waals surface area contributed by atoms with Crippen LogP contribution in [0, 0.1) is 17.2 Å². The second-order valence-corrected chi connectivity index (χ2v) is 4.86. The molecule has 1 aromatic rings. The Labute approximate surface area is 112 Å². The van der Waals surface area contributed by atoms with E-state index in [1.165, 1.54) is 6.92 Å². The highest BCUT2D eigenvalue weighted by molar-refractivity contribution is 5.99. The van der Waals surface area contributed by atoms with Gasteiger partial charge < -0.3 is 4.90 Å². The molecule has 1 heterocycles. The lowest BCUT2D eigenvalue weighted by atomic mass is 9.98. The molecule has 1 amide bonds. The van der Waals surface area contributed by atoms with Crippen molar-refractivity contribution in [2.24, 2.45) is 5.92 Å². The molecule has 1 aromatic carbocycles. The first-order chi connectivity index (χ1) is 9.11. The molecule has 0 unspecified atom stereocenters. The Balaban J connectivity index is 2.17. The van der Waals surface area contributed by atoms with Crippen LogP contribution in [0.5, 0.6) is 0 Å². The summed E-state index contributed by atoms with van der Waals surface area (Å²) in [6.07, 6.45) is 1.71.